The van der Waals surface area contributed by atoms with Crippen LogP contribution in [0, 0.1) is 17.3 Å². The topological polar surface area (TPSA) is 20.2 Å². The molecule has 0 amide bonds. The van der Waals surface area contributed by atoms with Gasteiger partial charge < -0.3 is 5.11 Å². The first-order valence-corrected chi connectivity index (χ1v) is 4.34. The van der Waals surface area contributed by atoms with Crippen molar-refractivity contribution in [2.24, 2.45) is 17.3 Å². The van der Waals surface area contributed by atoms with E-state index in [1.165, 1.54) is 19.3 Å². The summed E-state index contributed by atoms with van der Waals surface area (Å²) >= 11 is 0. The smallest absolute Gasteiger partial charge is 0.0627 e. The molecule has 1 heteroatoms. The van der Waals surface area contributed by atoms with Crippen LogP contribution in [-0.2, 0) is 0 Å². The zero-order valence-electron chi connectivity index (χ0n) is 6.80. The second kappa shape index (κ2) is 1.76. The number of hydrogen-bond donors (Lipinski definition) is 1. The van der Waals surface area contributed by atoms with E-state index in [0.717, 1.165) is 0 Å². The van der Waals surface area contributed by atoms with Gasteiger partial charge in [0.05, 0.1) is 6.10 Å². The monoisotopic (exact) mass is 140 g/mol. The molecule has 2 aliphatic carbocycles. The van der Waals surface area contributed by atoms with E-state index in [9.17, 15) is 5.11 Å². The number of hydrogen-bond acceptors (Lipinski definition) is 1. The Morgan fingerprint density at radius 1 is 1.40 bits per heavy atom. The van der Waals surface area contributed by atoms with Crippen LogP contribution in [0.3, 0.4) is 0 Å². The van der Waals surface area contributed by atoms with E-state index in [2.05, 4.69) is 13.8 Å². The van der Waals surface area contributed by atoms with E-state index in [-0.39, 0.29) is 6.10 Å². The fraction of sp³-hybridized carbons (Fsp3) is 1.00. The molecule has 0 bridgehead atoms. The maximum absolute atomic E-state index is 9.67. The molecule has 1 spiro atoms. The fourth-order valence-electron chi connectivity index (χ4n) is 2.26. The molecule has 2 aliphatic rings. The SMILES string of the molecule is CC(C)C1CC2(CC2)C1O. The van der Waals surface area contributed by atoms with Crippen LogP contribution in [0.4, 0.5) is 0 Å². The molecule has 2 unspecified atom stereocenters. The Morgan fingerprint density at radius 3 is 2.30 bits per heavy atom. The van der Waals surface area contributed by atoms with Crippen molar-refractivity contribution in [3.05, 3.63) is 0 Å². The van der Waals surface area contributed by atoms with Gasteiger partial charge in [0, 0.05) is 0 Å². The number of aliphatic hydroxyl groups is 1. The lowest BCUT2D eigenvalue weighted by Gasteiger charge is -2.44. The van der Waals surface area contributed by atoms with Crippen molar-refractivity contribution in [2.75, 3.05) is 0 Å². The highest BCUT2D eigenvalue weighted by atomic mass is 16.3. The maximum atomic E-state index is 9.67. The van der Waals surface area contributed by atoms with Gasteiger partial charge in [-0.3, -0.25) is 0 Å². The van der Waals surface area contributed by atoms with Crippen molar-refractivity contribution in [3.8, 4) is 0 Å². The molecular weight excluding hydrogens is 124 g/mol. The van der Waals surface area contributed by atoms with Crippen LogP contribution in [0.2, 0.25) is 0 Å². The molecule has 58 valence electrons. The van der Waals surface area contributed by atoms with Crippen LogP contribution in [-0.4, -0.2) is 11.2 Å². The van der Waals surface area contributed by atoms with E-state index in [4.69, 9.17) is 0 Å². The third-order valence-electron chi connectivity index (χ3n) is 3.42. The minimum atomic E-state index is 0.0486. The Kier molecular flexibility index (Phi) is 1.17. The largest absolute Gasteiger partial charge is 0.392 e. The molecule has 0 saturated heterocycles. The van der Waals surface area contributed by atoms with E-state index in [1.807, 2.05) is 0 Å². The quantitative estimate of drug-likeness (QED) is 0.589. The Bertz CT molecular complexity index is 147. The van der Waals surface area contributed by atoms with E-state index in [0.29, 0.717) is 17.3 Å². The average Bonchev–Trinajstić information content (AvgIpc) is 2.62. The molecule has 10 heavy (non-hydrogen) atoms. The normalized spacial score (nSPS) is 42.0. The van der Waals surface area contributed by atoms with Crippen LogP contribution >= 0.6 is 0 Å². The fourth-order valence-corrected chi connectivity index (χ4v) is 2.26. The van der Waals surface area contributed by atoms with Crippen LogP contribution in [0.25, 0.3) is 0 Å². The summed E-state index contributed by atoms with van der Waals surface area (Å²) in [6.07, 6.45) is 3.92. The lowest BCUT2D eigenvalue weighted by Crippen LogP contribution is -2.46. The summed E-state index contributed by atoms with van der Waals surface area (Å²) in [7, 11) is 0. The van der Waals surface area contributed by atoms with E-state index in [1.54, 1.807) is 0 Å². The molecule has 0 aromatic rings. The summed E-state index contributed by atoms with van der Waals surface area (Å²) in [5.41, 5.74) is 0.439. The van der Waals surface area contributed by atoms with Crippen molar-refractivity contribution in [2.45, 2.75) is 39.2 Å². The second-order valence-electron chi connectivity index (χ2n) is 4.42. The molecule has 0 aromatic carbocycles. The third-order valence-corrected chi connectivity index (χ3v) is 3.42. The summed E-state index contributed by atoms with van der Waals surface area (Å²) in [6, 6.07) is 0. The van der Waals surface area contributed by atoms with Gasteiger partial charge in [0.25, 0.3) is 0 Å². The number of rotatable bonds is 1. The summed E-state index contributed by atoms with van der Waals surface area (Å²) in [5.74, 6) is 1.30. The van der Waals surface area contributed by atoms with Gasteiger partial charge in [-0.05, 0) is 36.5 Å². The molecule has 0 heterocycles. The third kappa shape index (κ3) is 0.672. The predicted octanol–water partition coefficient (Wildman–Crippen LogP) is 1.80. The van der Waals surface area contributed by atoms with Gasteiger partial charge in [0.15, 0.2) is 0 Å². The van der Waals surface area contributed by atoms with Gasteiger partial charge in [-0.15, -0.1) is 0 Å². The molecular formula is C9H16O. The Morgan fingerprint density at radius 2 is 2.00 bits per heavy atom. The average molecular weight is 140 g/mol. The highest BCUT2D eigenvalue weighted by Crippen LogP contribution is 2.64. The number of aliphatic hydroxyl groups excluding tert-OH is 1. The lowest BCUT2D eigenvalue weighted by atomic mass is 9.64. The van der Waals surface area contributed by atoms with Crippen LogP contribution in [0.1, 0.15) is 33.1 Å². The Labute approximate surface area is 62.4 Å². The first kappa shape index (κ1) is 6.66. The molecule has 0 radical (unpaired) electrons. The van der Waals surface area contributed by atoms with Crippen molar-refractivity contribution >= 4 is 0 Å². The molecule has 0 aliphatic heterocycles. The minimum absolute atomic E-state index is 0.0486. The highest BCUT2D eigenvalue weighted by molar-refractivity contribution is 5.11. The Balaban J connectivity index is 1.96. The molecule has 2 atom stereocenters. The lowest BCUT2D eigenvalue weighted by molar-refractivity contribution is -0.0792. The van der Waals surface area contributed by atoms with Gasteiger partial charge in [-0.25, -0.2) is 0 Å². The van der Waals surface area contributed by atoms with Crippen molar-refractivity contribution in [1.82, 2.24) is 0 Å². The second-order valence-corrected chi connectivity index (χ2v) is 4.42. The molecule has 2 fully saturated rings. The summed E-state index contributed by atoms with van der Waals surface area (Å²) in [4.78, 5) is 0. The van der Waals surface area contributed by atoms with Crippen LogP contribution < -0.4 is 0 Å². The molecule has 1 nitrogen and oxygen atoms in total. The van der Waals surface area contributed by atoms with Crippen molar-refractivity contribution in [3.63, 3.8) is 0 Å². The van der Waals surface area contributed by atoms with Crippen molar-refractivity contribution < 1.29 is 5.11 Å². The van der Waals surface area contributed by atoms with E-state index < -0.39 is 0 Å². The molecule has 2 rings (SSSR count). The zero-order chi connectivity index (χ0) is 7.35. The summed E-state index contributed by atoms with van der Waals surface area (Å²) in [5, 5.41) is 9.67. The zero-order valence-corrected chi connectivity index (χ0v) is 6.80. The highest BCUT2D eigenvalue weighted by Gasteiger charge is 2.60. The molecule has 2 saturated carbocycles. The van der Waals surface area contributed by atoms with Gasteiger partial charge in [-0.1, -0.05) is 13.8 Å². The predicted molar refractivity (Wildman–Crippen MR) is 40.6 cm³/mol. The summed E-state index contributed by atoms with van der Waals surface area (Å²) in [6.45, 7) is 4.42. The van der Waals surface area contributed by atoms with Gasteiger partial charge in [0.2, 0.25) is 0 Å². The standard InChI is InChI=1S/C9H16O/c1-6(2)7-5-9(3-4-9)8(7)10/h6-8,10H,3-5H2,1-2H3. The van der Waals surface area contributed by atoms with E-state index >= 15 is 0 Å². The summed E-state index contributed by atoms with van der Waals surface area (Å²) < 4.78 is 0. The molecule has 0 aromatic heterocycles. The minimum Gasteiger partial charge on any atom is -0.392 e. The van der Waals surface area contributed by atoms with Gasteiger partial charge in [-0.2, -0.15) is 0 Å². The van der Waals surface area contributed by atoms with Crippen LogP contribution in [0.15, 0.2) is 0 Å². The maximum Gasteiger partial charge on any atom is 0.0627 e. The first-order valence-electron chi connectivity index (χ1n) is 4.34. The Hall–Kier alpha value is -0.0400. The van der Waals surface area contributed by atoms with Crippen molar-refractivity contribution in [1.29, 1.82) is 0 Å². The van der Waals surface area contributed by atoms with Gasteiger partial charge in [0.1, 0.15) is 0 Å². The van der Waals surface area contributed by atoms with Gasteiger partial charge >= 0.3 is 0 Å². The molecule has 1 N–H and O–H groups in total. The first-order chi connectivity index (χ1) is 4.66. The van der Waals surface area contributed by atoms with Crippen LogP contribution in [0.5, 0.6) is 0 Å².